The van der Waals surface area contributed by atoms with Gasteiger partial charge >= 0.3 is 0 Å². The zero-order valence-corrected chi connectivity index (χ0v) is 9.94. The lowest BCUT2D eigenvalue weighted by atomic mass is 10.0. The highest BCUT2D eigenvalue weighted by Crippen LogP contribution is 2.27. The first kappa shape index (κ1) is 12.3. The Hall–Kier alpha value is -1.21. The van der Waals surface area contributed by atoms with E-state index in [1.54, 1.807) is 17.5 Å². The molecule has 0 amide bonds. The zero-order valence-electron chi connectivity index (χ0n) is 9.13. The average molecular weight is 254 g/mol. The van der Waals surface area contributed by atoms with Crippen LogP contribution in [0.25, 0.3) is 10.1 Å². The highest BCUT2D eigenvalue weighted by atomic mass is 32.1. The van der Waals surface area contributed by atoms with Crippen LogP contribution >= 0.6 is 11.3 Å². The van der Waals surface area contributed by atoms with Crippen molar-refractivity contribution in [2.24, 2.45) is 0 Å². The number of anilines is 1. The van der Waals surface area contributed by atoms with Gasteiger partial charge in [-0.15, -0.1) is 11.3 Å². The third kappa shape index (κ3) is 2.25. The van der Waals surface area contributed by atoms with Gasteiger partial charge in [-0.25, -0.2) is 4.98 Å². The Morgan fingerprint density at radius 2 is 1.88 bits per heavy atom. The summed E-state index contributed by atoms with van der Waals surface area (Å²) in [6.07, 6.45) is 1.65. The first-order valence-corrected chi connectivity index (χ1v) is 6.05. The summed E-state index contributed by atoms with van der Waals surface area (Å²) >= 11 is 1.58. The summed E-state index contributed by atoms with van der Waals surface area (Å²) in [5, 5.41) is 33.5. The minimum atomic E-state index is -1.15. The van der Waals surface area contributed by atoms with Crippen LogP contribution in [0.2, 0.25) is 0 Å². The summed E-state index contributed by atoms with van der Waals surface area (Å²) in [5.41, 5.74) is -1.15. The summed E-state index contributed by atoms with van der Waals surface area (Å²) in [6.45, 7) is -1.12. The first-order valence-electron chi connectivity index (χ1n) is 5.17. The molecule has 0 bridgehead atoms. The number of aliphatic hydroxyl groups is 3. The second kappa shape index (κ2) is 4.97. The lowest BCUT2D eigenvalue weighted by Crippen LogP contribution is -2.49. The maximum absolute atomic E-state index is 9.25. The number of rotatable bonds is 5. The normalized spacial score (nSPS) is 11.9. The van der Waals surface area contributed by atoms with Gasteiger partial charge in [-0.1, -0.05) is 0 Å². The lowest BCUT2D eigenvalue weighted by molar-refractivity contribution is 0.0832. The fourth-order valence-corrected chi connectivity index (χ4v) is 2.30. The Morgan fingerprint density at radius 3 is 2.53 bits per heavy atom. The molecule has 17 heavy (non-hydrogen) atoms. The number of pyridine rings is 1. The quantitative estimate of drug-likeness (QED) is 0.621. The average Bonchev–Trinajstić information content (AvgIpc) is 2.85. The predicted molar refractivity (Wildman–Crippen MR) is 67.2 cm³/mol. The van der Waals surface area contributed by atoms with Crippen molar-refractivity contribution in [3.8, 4) is 0 Å². The van der Waals surface area contributed by atoms with Gasteiger partial charge in [0.05, 0.1) is 19.8 Å². The largest absolute Gasteiger partial charge is 0.394 e. The van der Waals surface area contributed by atoms with Crippen molar-refractivity contribution in [2.45, 2.75) is 5.54 Å². The molecular weight excluding hydrogens is 240 g/mol. The second-order valence-electron chi connectivity index (χ2n) is 3.87. The molecule has 6 heteroatoms. The monoisotopic (exact) mass is 254 g/mol. The Bertz CT molecular complexity index is 488. The van der Waals surface area contributed by atoms with Gasteiger partial charge in [0.2, 0.25) is 0 Å². The molecule has 0 aliphatic carbocycles. The van der Waals surface area contributed by atoms with Crippen molar-refractivity contribution in [1.29, 1.82) is 0 Å². The molecule has 0 radical (unpaired) electrons. The maximum atomic E-state index is 9.25. The van der Waals surface area contributed by atoms with Gasteiger partial charge in [0.25, 0.3) is 0 Å². The summed E-state index contributed by atoms with van der Waals surface area (Å²) in [7, 11) is 0. The molecule has 0 spiro atoms. The molecule has 5 nitrogen and oxygen atoms in total. The van der Waals surface area contributed by atoms with E-state index in [2.05, 4.69) is 10.3 Å². The fourth-order valence-electron chi connectivity index (χ4n) is 1.51. The van der Waals surface area contributed by atoms with E-state index in [-0.39, 0.29) is 19.8 Å². The van der Waals surface area contributed by atoms with Crippen LogP contribution in [-0.2, 0) is 0 Å². The van der Waals surface area contributed by atoms with Gasteiger partial charge < -0.3 is 20.6 Å². The Morgan fingerprint density at radius 1 is 1.18 bits per heavy atom. The number of hydrogen-bond donors (Lipinski definition) is 4. The van der Waals surface area contributed by atoms with E-state index in [0.29, 0.717) is 5.82 Å². The molecule has 2 heterocycles. The van der Waals surface area contributed by atoms with E-state index in [0.717, 1.165) is 10.1 Å². The predicted octanol–water partition coefficient (Wildman–Crippen LogP) is 0.424. The van der Waals surface area contributed by atoms with Crippen LogP contribution in [0.15, 0.2) is 23.7 Å². The molecule has 92 valence electrons. The summed E-state index contributed by atoms with van der Waals surface area (Å²) < 4.78 is 1.06. The molecule has 2 rings (SSSR count). The summed E-state index contributed by atoms with van der Waals surface area (Å²) in [4.78, 5) is 4.17. The van der Waals surface area contributed by atoms with Crippen LogP contribution < -0.4 is 5.32 Å². The van der Waals surface area contributed by atoms with Crippen molar-refractivity contribution in [3.63, 3.8) is 0 Å². The Kier molecular flexibility index (Phi) is 3.58. The molecule has 2 aromatic heterocycles. The maximum Gasteiger partial charge on any atom is 0.135 e. The van der Waals surface area contributed by atoms with Gasteiger partial charge in [0.15, 0.2) is 0 Å². The van der Waals surface area contributed by atoms with Crippen molar-refractivity contribution in [1.82, 2.24) is 4.98 Å². The third-order valence-corrected chi connectivity index (χ3v) is 3.55. The van der Waals surface area contributed by atoms with Gasteiger partial charge in [0.1, 0.15) is 11.4 Å². The molecule has 0 aromatic carbocycles. The molecule has 0 atom stereocenters. The van der Waals surface area contributed by atoms with Crippen LogP contribution in [0.1, 0.15) is 0 Å². The number of nitrogens with zero attached hydrogens (tertiary/aromatic N) is 1. The van der Waals surface area contributed by atoms with E-state index >= 15 is 0 Å². The molecular formula is C11H14N2O3S. The van der Waals surface area contributed by atoms with Crippen molar-refractivity contribution in [3.05, 3.63) is 23.7 Å². The van der Waals surface area contributed by atoms with E-state index < -0.39 is 5.54 Å². The molecule has 4 N–H and O–H groups in total. The van der Waals surface area contributed by atoms with E-state index in [1.807, 2.05) is 17.5 Å². The van der Waals surface area contributed by atoms with Crippen LogP contribution in [0.3, 0.4) is 0 Å². The first-order chi connectivity index (χ1) is 8.24. The van der Waals surface area contributed by atoms with Crippen LogP contribution in [-0.4, -0.2) is 45.7 Å². The van der Waals surface area contributed by atoms with Crippen molar-refractivity contribution >= 4 is 27.2 Å². The highest BCUT2D eigenvalue weighted by molar-refractivity contribution is 7.17. The fraction of sp³-hybridized carbons (Fsp3) is 0.364. The number of aliphatic hydroxyl groups excluding tert-OH is 3. The van der Waals surface area contributed by atoms with Crippen molar-refractivity contribution in [2.75, 3.05) is 25.1 Å². The van der Waals surface area contributed by atoms with E-state index in [9.17, 15) is 15.3 Å². The molecule has 0 fully saturated rings. The number of nitrogens with one attached hydrogen (secondary N) is 1. The minimum absolute atomic E-state index is 0.373. The molecule has 0 saturated carbocycles. The second-order valence-corrected chi connectivity index (χ2v) is 4.82. The Labute approximate surface area is 102 Å². The molecule has 0 aliphatic rings. The molecule has 0 aliphatic heterocycles. The summed E-state index contributed by atoms with van der Waals surface area (Å²) in [6, 6.07) is 3.80. The number of thiophene rings is 1. The minimum Gasteiger partial charge on any atom is -0.394 e. The highest BCUT2D eigenvalue weighted by Gasteiger charge is 2.28. The third-order valence-electron chi connectivity index (χ3n) is 2.67. The van der Waals surface area contributed by atoms with Gasteiger partial charge in [0, 0.05) is 16.3 Å². The number of fused-ring (bicyclic) bond motifs is 1. The zero-order chi connectivity index (χ0) is 12.3. The molecule has 0 unspecified atom stereocenters. The van der Waals surface area contributed by atoms with Crippen LogP contribution in [0, 0.1) is 0 Å². The van der Waals surface area contributed by atoms with Crippen LogP contribution in [0.5, 0.6) is 0 Å². The topological polar surface area (TPSA) is 85.6 Å². The molecule has 2 aromatic rings. The Balaban J connectivity index is 2.37. The summed E-state index contributed by atoms with van der Waals surface area (Å²) in [5.74, 6) is 0.556. The van der Waals surface area contributed by atoms with Gasteiger partial charge in [-0.05, 0) is 17.5 Å². The number of aromatic nitrogens is 1. The molecule has 0 saturated heterocycles. The van der Waals surface area contributed by atoms with E-state index in [4.69, 9.17) is 0 Å². The smallest absolute Gasteiger partial charge is 0.135 e. The SMILES string of the molecule is OCC(CO)(CO)Nc1nccc2sccc12. The van der Waals surface area contributed by atoms with Gasteiger partial charge in [-0.3, -0.25) is 0 Å². The van der Waals surface area contributed by atoms with Gasteiger partial charge in [-0.2, -0.15) is 0 Å². The lowest BCUT2D eigenvalue weighted by Gasteiger charge is -2.29. The van der Waals surface area contributed by atoms with Crippen molar-refractivity contribution < 1.29 is 15.3 Å². The standard InChI is InChI=1S/C11H14N2O3S/c14-5-11(6-15,7-16)13-10-8-2-4-17-9(8)1-3-12-10/h1-4,14-16H,5-7H2,(H,12,13). The van der Waals surface area contributed by atoms with Crippen LogP contribution in [0.4, 0.5) is 5.82 Å². The number of hydrogen-bond acceptors (Lipinski definition) is 6. The van der Waals surface area contributed by atoms with E-state index in [1.165, 1.54) is 0 Å².